The van der Waals surface area contributed by atoms with Crippen LogP contribution in [0.2, 0.25) is 0 Å². The van der Waals surface area contributed by atoms with Gasteiger partial charge in [-0.05, 0) is 190 Å². The molecule has 9 aromatic rings. The van der Waals surface area contributed by atoms with Gasteiger partial charge in [-0.15, -0.1) is 0 Å². The minimum absolute atomic E-state index is 0.114. The molecule has 0 fully saturated rings. The van der Waals surface area contributed by atoms with Crippen molar-refractivity contribution >= 4 is 44.1 Å². The Balaban J connectivity index is 1.10. The molecule has 0 saturated carbocycles. The smallest absolute Gasteiger partial charge is 0.189 e. The van der Waals surface area contributed by atoms with Crippen molar-refractivity contribution < 1.29 is 28.4 Å². The largest absolute Gasteiger partial charge is 0.467 e. The van der Waals surface area contributed by atoms with Gasteiger partial charge in [-0.3, -0.25) is 0 Å². The lowest BCUT2D eigenvalue weighted by Gasteiger charge is -2.30. The van der Waals surface area contributed by atoms with E-state index in [1.54, 1.807) is 14.2 Å². The lowest BCUT2D eigenvalue weighted by molar-refractivity contribution is -0.0100. The summed E-state index contributed by atoms with van der Waals surface area (Å²) < 4.78 is 36.4. The van der Waals surface area contributed by atoms with Gasteiger partial charge < -0.3 is 38.4 Å². The molecule has 806 valence electrons. The molecule has 14 nitrogen and oxygen atoms in total. The highest BCUT2D eigenvalue weighted by atomic mass is 16.7. The van der Waals surface area contributed by atoms with Crippen LogP contribution in [0.15, 0.2) is 84.9 Å². The number of aromatic nitrogens is 8. The summed E-state index contributed by atoms with van der Waals surface area (Å²) in [5.74, 6) is 4.20. The fourth-order valence-corrected chi connectivity index (χ4v) is 22.1. The third-order valence-corrected chi connectivity index (χ3v) is 31.2. The molecule has 0 atom stereocenters. The van der Waals surface area contributed by atoms with Crippen molar-refractivity contribution in [3.8, 4) is 79.3 Å². The van der Waals surface area contributed by atoms with E-state index in [1.165, 1.54) is 356 Å². The molecule has 2 aliphatic rings. The molecule has 0 amide bonds. The lowest BCUT2D eigenvalue weighted by atomic mass is 9.77. The molecule has 0 radical (unpaired) electrons. The van der Waals surface area contributed by atoms with E-state index in [2.05, 4.69) is 206 Å². The summed E-state index contributed by atoms with van der Waals surface area (Å²) in [5, 5.41) is 3.97. The van der Waals surface area contributed by atoms with E-state index < -0.39 is 0 Å². The van der Waals surface area contributed by atoms with Gasteiger partial charge in [-0.25, -0.2) is 29.9 Å². The number of aryl methyl sites for hydroxylation is 4. The van der Waals surface area contributed by atoms with Crippen molar-refractivity contribution in [1.29, 1.82) is 0 Å². The van der Waals surface area contributed by atoms with Crippen LogP contribution >= 0.6 is 0 Å². The Bertz CT molecular complexity index is 5420. The van der Waals surface area contributed by atoms with Gasteiger partial charge in [-0.2, -0.15) is 0 Å². The number of H-pyrrole nitrogens is 2. The molecule has 5 heterocycles. The first-order valence-corrected chi connectivity index (χ1v) is 60.1. The van der Waals surface area contributed by atoms with E-state index in [1.807, 2.05) is 0 Å². The highest BCUT2D eigenvalue weighted by Gasteiger charge is 2.33. The van der Waals surface area contributed by atoms with Gasteiger partial charge in [0.05, 0.1) is 26.4 Å². The maximum absolute atomic E-state index is 6.78. The van der Waals surface area contributed by atoms with E-state index in [4.69, 9.17) is 58.3 Å². The number of benzene rings is 6. The molecule has 14 heteroatoms. The topological polar surface area (TPSA) is 164 Å². The Morgan fingerprint density at radius 3 is 0.726 bits per heavy atom. The first-order valence-electron chi connectivity index (χ1n) is 60.1. The fourth-order valence-electron chi connectivity index (χ4n) is 22.1. The average Bonchev–Trinajstić information content (AvgIpc) is 1.71. The highest BCUT2D eigenvalue weighted by molar-refractivity contribution is 6.08. The molecule has 0 spiro atoms. The molecule has 8 bridgehead atoms. The number of methoxy groups -OCH3 is 2. The van der Waals surface area contributed by atoms with Crippen LogP contribution in [0, 0.1) is 0 Å². The van der Waals surface area contributed by atoms with Crippen LogP contribution < -0.4 is 9.47 Å². The second-order valence-corrected chi connectivity index (χ2v) is 48.0. The van der Waals surface area contributed by atoms with E-state index >= 15 is 0 Å². The number of hydrogen-bond donors (Lipinski definition) is 2. The quantitative estimate of drug-likeness (QED) is 0.0274. The third kappa shape index (κ3) is 37.9. The summed E-state index contributed by atoms with van der Waals surface area (Å²) in [5.41, 5.74) is 19.9. The van der Waals surface area contributed by atoms with Crippen LogP contribution in [0.4, 0.5) is 0 Å². The van der Waals surface area contributed by atoms with Gasteiger partial charge >= 0.3 is 0 Å². The zero-order valence-electron chi connectivity index (χ0n) is 95.9. The molecule has 146 heavy (non-hydrogen) atoms. The summed E-state index contributed by atoms with van der Waals surface area (Å²) in [7, 11) is 3.41. The van der Waals surface area contributed by atoms with Crippen molar-refractivity contribution in [2.24, 2.45) is 0 Å². The molecular weight excluding hydrogens is 1790 g/mol. The monoisotopic (exact) mass is 2000 g/mol. The Morgan fingerprint density at radius 1 is 0.219 bits per heavy atom. The SMILES string of the molecule is CCCCCCCCCCCCCCCCc1cc2c(cc1CCCCCCCCCCCCCCCC)-c1nc-2nc2[nH]c(nc3nc(nc4[nH]c(n1)c1cc(CCCCCCCCCCCCCCCC)c(CCCCCCCCCCCCCCCC)cc41)-c1cc(-c4cc(C(C)(C)C)c(OCOCCOC)c(C(C)(C)C)c4)ccc1-3)c1ccc(-c3cc(C(C)(C)C)c(OCOCCOC)c(C(C)(C)C)c3)cc21. The minimum atomic E-state index is -0.296. The molecule has 2 aliphatic heterocycles. The highest BCUT2D eigenvalue weighted by Crippen LogP contribution is 2.49. The maximum atomic E-state index is 6.78. The van der Waals surface area contributed by atoms with E-state index in [-0.39, 0.29) is 35.2 Å². The first-order chi connectivity index (χ1) is 70.8. The number of unbranched alkanes of at least 4 members (excludes halogenated alkanes) is 52. The summed E-state index contributed by atoms with van der Waals surface area (Å²) >= 11 is 0. The van der Waals surface area contributed by atoms with Gasteiger partial charge in [0.25, 0.3) is 0 Å². The second kappa shape index (κ2) is 63.4. The van der Waals surface area contributed by atoms with E-state index in [0.717, 1.165) is 162 Å². The number of hydrogen-bond acceptors (Lipinski definition) is 12. The van der Waals surface area contributed by atoms with Crippen LogP contribution in [-0.4, -0.2) is 94.1 Å². The fraction of sp³-hybridized carbons (Fsp3) is 0.667. The Hall–Kier alpha value is -7.88. The molecule has 0 unspecified atom stereocenters. The number of aromatic amines is 2. The molecule has 6 aromatic carbocycles. The van der Waals surface area contributed by atoms with Crippen molar-refractivity contribution in [2.45, 2.75) is 518 Å². The van der Waals surface area contributed by atoms with Gasteiger partial charge in [0.1, 0.15) is 34.1 Å². The summed E-state index contributed by atoms with van der Waals surface area (Å²) in [4.78, 5) is 43.5. The lowest BCUT2D eigenvalue weighted by Crippen LogP contribution is -2.21. The Morgan fingerprint density at radius 2 is 0.452 bits per heavy atom. The molecular formula is C132H202N8O6. The Kier molecular flexibility index (Phi) is 51.4. The van der Waals surface area contributed by atoms with Crippen LogP contribution in [0.3, 0.4) is 0 Å². The van der Waals surface area contributed by atoms with Crippen LogP contribution in [0.1, 0.15) is 515 Å². The number of fused-ring (bicyclic) bond motifs is 20. The normalized spacial score (nSPS) is 12.5. The van der Waals surface area contributed by atoms with E-state index in [0.29, 0.717) is 61.0 Å². The summed E-state index contributed by atoms with van der Waals surface area (Å²) in [6, 6.07) is 33.1. The van der Waals surface area contributed by atoms with Crippen LogP contribution in [-0.2, 0) is 66.3 Å². The first kappa shape index (κ1) is 118. The number of nitrogens with one attached hydrogen (secondary N) is 2. The third-order valence-electron chi connectivity index (χ3n) is 31.2. The molecule has 0 aliphatic carbocycles. The summed E-state index contributed by atoms with van der Waals surface area (Å²) in [6.07, 6.45) is 78.8. The molecule has 11 rings (SSSR count). The standard InChI is InChI=1S/C132H202N8O6/c1-19-23-27-31-35-39-43-47-51-55-59-63-67-71-75-99-87-111-113(89-101(99)77-73-69-65-61-57-53-49-45-41-37-33-29-25-21-3)127-138-125(111)136-123-109-91-103(105-93-115(129(5,6)7)119(116(94-105)130(8,9)10)145-97-143-85-83-141-17)79-81-107(109)121(134-123)133-122-108-82-80-104(106-95-117(131(11,12)13)120(118(96-106)132(14,15)16)146-98-144-86-84-142-18)92-110(108)124(135-122)137-126-112-88-100(76-72-68-64-60-56-52-48-44-40-36-32-28-24-20-2)102(90-114(112)128(139-126)140-127)78-74-70-66-62-58-54-50-46-42-38-34-30-26-22-4/h79-82,87-96H,19-78,83-86,97-98H2,1-18H3,(H2,133,134,135,136,137,138,139,140). The summed E-state index contributed by atoms with van der Waals surface area (Å²) in [6.45, 7) is 38.7. The number of ether oxygens (including phenoxy) is 6. The zero-order chi connectivity index (χ0) is 104. The number of nitrogens with zero attached hydrogens (tertiary/aromatic N) is 6. The van der Waals surface area contributed by atoms with Crippen molar-refractivity contribution in [2.75, 3.05) is 54.2 Å². The van der Waals surface area contributed by atoms with Gasteiger partial charge in [0.2, 0.25) is 0 Å². The van der Waals surface area contributed by atoms with Gasteiger partial charge in [0, 0.05) is 80.3 Å². The Labute approximate surface area is 887 Å². The van der Waals surface area contributed by atoms with Crippen LogP contribution in [0.5, 0.6) is 11.5 Å². The van der Waals surface area contributed by atoms with Crippen molar-refractivity contribution in [1.82, 2.24) is 39.9 Å². The van der Waals surface area contributed by atoms with Crippen molar-refractivity contribution in [3.05, 3.63) is 129 Å². The zero-order valence-corrected chi connectivity index (χ0v) is 95.9. The van der Waals surface area contributed by atoms with Gasteiger partial charge in [0.15, 0.2) is 36.9 Å². The molecule has 0 saturated heterocycles. The van der Waals surface area contributed by atoms with Crippen LogP contribution in [0.25, 0.3) is 112 Å². The molecule has 3 aromatic heterocycles. The van der Waals surface area contributed by atoms with E-state index in [9.17, 15) is 0 Å². The maximum Gasteiger partial charge on any atom is 0.189 e. The second-order valence-electron chi connectivity index (χ2n) is 48.0. The predicted molar refractivity (Wildman–Crippen MR) is 624 cm³/mol. The van der Waals surface area contributed by atoms with Gasteiger partial charge in [-0.1, -0.05) is 457 Å². The van der Waals surface area contributed by atoms with Crippen molar-refractivity contribution in [3.63, 3.8) is 0 Å². The number of rotatable bonds is 74. The molecule has 2 N–H and O–H groups in total. The average molecular weight is 2000 g/mol. The predicted octanol–water partition coefficient (Wildman–Crippen LogP) is 39.5. The minimum Gasteiger partial charge on any atom is -0.467 e.